The Bertz CT molecular complexity index is 508. The van der Waals surface area contributed by atoms with Gasteiger partial charge in [-0.05, 0) is 32.0 Å². The maximum atomic E-state index is 12.0. The first kappa shape index (κ1) is 16.1. The van der Waals surface area contributed by atoms with Crippen molar-refractivity contribution in [3.8, 4) is 0 Å². The summed E-state index contributed by atoms with van der Waals surface area (Å²) in [6, 6.07) is 5.17. The molecule has 0 saturated carbocycles. The number of esters is 1. The number of benzene rings is 1. The summed E-state index contributed by atoms with van der Waals surface area (Å²) < 4.78 is 10.9. The van der Waals surface area contributed by atoms with Gasteiger partial charge in [0.15, 0.2) is 0 Å². The highest BCUT2D eigenvalue weighted by Gasteiger charge is 2.23. The normalized spacial score (nSPS) is 19.7. The van der Waals surface area contributed by atoms with E-state index < -0.39 is 5.97 Å². The van der Waals surface area contributed by atoms with Crippen molar-refractivity contribution in [2.75, 3.05) is 32.0 Å². The first-order chi connectivity index (χ1) is 9.97. The molecule has 5 nitrogen and oxygen atoms in total. The van der Waals surface area contributed by atoms with Gasteiger partial charge in [-0.25, -0.2) is 4.79 Å². The molecule has 1 atom stereocenters. The molecule has 116 valence electrons. The van der Waals surface area contributed by atoms with Gasteiger partial charge in [0.1, 0.15) is 12.7 Å². The minimum absolute atomic E-state index is 0.0886. The number of rotatable bonds is 4. The highest BCUT2D eigenvalue weighted by Crippen LogP contribution is 2.20. The molecule has 0 spiro atoms. The van der Waals surface area contributed by atoms with E-state index in [1.54, 1.807) is 12.1 Å². The number of halogens is 1. The van der Waals surface area contributed by atoms with E-state index in [0.717, 1.165) is 13.1 Å². The lowest BCUT2D eigenvalue weighted by Crippen LogP contribution is -2.47. The van der Waals surface area contributed by atoms with Gasteiger partial charge in [-0.1, -0.05) is 11.6 Å². The molecule has 21 heavy (non-hydrogen) atoms. The van der Waals surface area contributed by atoms with Crippen molar-refractivity contribution in [3.05, 3.63) is 28.8 Å². The molecule has 1 aliphatic rings. The molecule has 1 heterocycles. The lowest BCUT2D eigenvalue weighted by molar-refractivity contribution is -0.0662. The van der Waals surface area contributed by atoms with Crippen LogP contribution in [-0.2, 0) is 9.47 Å². The van der Waals surface area contributed by atoms with Crippen molar-refractivity contribution >= 4 is 23.3 Å². The molecule has 2 rings (SSSR count). The molecule has 0 aromatic heterocycles. The highest BCUT2D eigenvalue weighted by molar-refractivity contribution is 6.33. The minimum atomic E-state index is -0.415. The van der Waals surface area contributed by atoms with Crippen LogP contribution < -0.4 is 5.73 Å². The largest absolute Gasteiger partial charge is 0.459 e. The van der Waals surface area contributed by atoms with Gasteiger partial charge in [0.2, 0.25) is 0 Å². The summed E-state index contributed by atoms with van der Waals surface area (Å²) in [6.07, 6.45) is -0.0886. The molecule has 1 unspecified atom stereocenters. The quantitative estimate of drug-likeness (QED) is 0.682. The lowest BCUT2D eigenvalue weighted by Gasteiger charge is -2.35. The summed E-state index contributed by atoms with van der Waals surface area (Å²) in [5.74, 6) is -0.415. The Morgan fingerprint density at radius 1 is 1.57 bits per heavy atom. The third-order valence-electron chi connectivity index (χ3n) is 3.54. The monoisotopic (exact) mass is 312 g/mol. The molecule has 0 amide bonds. The Labute approximate surface area is 130 Å². The van der Waals surface area contributed by atoms with Crippen LogP contribution >= 0.6 is 11.6 Å². The van der Waals surface area contributed by atoms with Crippen LogP contribution in [0.25, 0.3) is 0 Å². The summed E-state index contributed by atoms with van der Waals surface area (Å²) in [5.41, 5.74) is 6.45. The van der Waals surface area contributed by atoms with Crippen LogP contribution in [0.4, 0.5) is 5.69 Å². The smallest absolute Gasteiger partial charge is 0.338 e. The van der Waals surface area contributed by atoms with Crippen LogP contribution in [0.5, 0.6) is 0 Å². The number of anilines is 1. The van der Waals surface area contributed by atoms with Crippen LogP contribution in [0.2, 0.25) is 5.02 Å². The van der Waals surface area contributed by atoms with Crippen molar-refractivity contribution in [2.45, 2.75) is 26.0 Å². The molecule has 0 aliphatic carbocycles. The standard InChI is InChI=1S/C15H21ClN2O3/c1-10(2)18-5-6-20-12(8-18)9-21-15(19)11-3-4-14(17)13(16)7-11/h3-4,7,10,12H,5-6,8-9,17H2,1-2H3. The SMILES string of the molecule is CC(C)N1CCOC(COC(=O)c2ccc(N)c(Cl)c2)C1. The summed E-state index contributed by atoms with van der Waals surface area (Å²) in [7, 11) is 0. The molecular formula is C15H21ClN2O3. The molecule has 1 saturated heterocycles. The van der Waals surface area contributed by atoms with E-state index in [4.69, 9.17) is 26.8 Å². The number of ether oxygens (including phenoxy) is 2. The summed E-state index contributed by atoms with van der Waals surface area (Å²) in [6.45, 7) is 6.87. The molecule has 1 aliphatic heterocycles. The first-order valence-electron chi connectivity index (χ1n) is 7.05. The Kier molecular flexibility index (Phi) is 5.45. The van der Waals surface area contributed by atoms with Crippen molar-refractivity contribution in [1.82, 2.24) is 4.90 Å². The zero-order valence-corrected chi connectivity index (χ0v) is 13.1. The Hall–Kier alpha value is -1.30. The average molecular weight is 313 g/mol. The second kappa shape index (κ2) is 7.11. The van der Waals surface area contributed by atoms with Crippen molar-refractivity contribution in [1.29, 1.82) is 0 Å². The number of hydrogen-bond acceptors (Lipinski definition) is 5. The average Bonchev–Trinajstić information content (AvgIpc) is 2.48. The lowest BCUT2D eigenvalue weighted by atomic mass is 10.2. The van der Waals surface area contributed by atoms with Crippen LogP contribution in [0.3, 0.4) is 0 Å². The van der Waals surface area contributed by atoms with Gasteiger partial charge in [-0.3, -0.25) is 4.90 Å². The Morgan fingerprint density at radius 3 is 3.00 bits per heavy atom. The van der Waals surface area contributed by atoms with Gasteiger partial charge in [-0.15, -0.1) is 0 Å². The second-order valence-corrected chi connectivity index (χ2v) is 5.82. The third-order valence-corrected chi connectivity index (χ3v) is 3.86. The predicted molar refractivity (Wildman–Crippen MR) is 82.6 cm³/mol. The van der Waals surface area contributed by atoms with Gasteiger partial charge in [0.05, 0.1) is 22.9 Å². The maximum absolute atomic E-state index is 12.0. The highest BCUT2D eigenvalue weighted by atomic mass is 35.5. The van der Waals surface area contributed by atoms with E-state index in [9.17, 15) is 4.79 Å². The number of nitrogens with two attached hydrogens (primary N) is 1. The number of carbonyl (C=O) groups excluding carboxylic acids is 1. The molecule has 1 aromatic rings. The van der Waals surface area contributed by atoms with Gasteiger partial charge in [0, 0.05) is 19.1 Å². The topological polar surface area (TPSA) is 64.8 Å². The second-order valence-electron chi connectivity index (χ2n) is 5.42. The Morgan fingerprint density at radius 2 is 2.33 bits per heavy atom. The van der Waals surface area contributed by atoms with Crippen LogP contribution in [0.1, 0.15) is 24.2 Å². The van der Waals surface area contributed by atoms with E-state index in [2.05, 4.69) is 18.7 Å². The maximum Gasteiger partial charge on any atom is 0.338 e. The number of morpholine rings is 1. The molecular weight excluding hydrogens is 292 g/mol. The van der Waals surface area contributed by atoms with Crippen LogP contribution in [0.15, 0.2) is 18.2 Å². The van der Waals surface area contributed by atoms with Crippen LogP contribution in [-0.4, -0.2) is 49.3 Å². The van der Waals surface area contributed by atoms with Crippen molar-refractivity contribution in [3.63, 3.8) is 0 Å². The zero-order chi connectivity index (χ0) is 15.4. The minimum Gasteiger partial charge on any atom is -0.459 e. The molecule has 0 bridgehead atoms. The fourth-order valence-corrected chi connectivity index (χ4v) is 2.40. The van der Waals surface area contributed by atoms with Crippen molar-refractivity contribution in [2.24, 2.45) is 0 Å². The van der Waals surface area contributed by atoms with E-state index in [0.29, 0.717) is 28.9 Å². The predicted octanol–water partition coefficient (Wildman–Crippen LogP) is 2.19. The fraction of sp³-hybridized carbons (Fsp3) is 0.533. The molecule has 1 fully saturated rings. The first-order valence-corrected chi connectivity index (χ1v) is 7.43. The summed E-state index contributed by atoms with van der Waals surface area (Å²) in [5, 5.41) is 0.351. The van der Waals surface area contributed by atoms with E-state index in [-0.39, 0.29) is 12.7 Å². The molecule has 1 aromatic carbocycles. The fourth-order valence-electron chi connectivity index (χ4n) is 2.22. The van der Waals surface area contributed by atoms with Gasteiger partial charge in [0.25, 0.3) is 0 Å². The van der Waals surface area contributed by atoms with Gasteiger partial charge in [-0.2, -0.15) is 0 Å². The van der Waals surface area contributed by atoms with E-state index in [1.807, 2.05) is 0 Å². The number of hydrogen-bond donors (Lipinski definition) is 1. The third kappa shape index (κ3) is 4.33. The number of nitrogen functional groups attached to an aromatic ring is 1. The van der Waals surface area contributed by atoms with E-state index in [1.165, 1.54) is 6.07 Å². The van der Waals surface area contributed by atoms with E-state index >= 15 is 0 Å². The summed E-state index contributed by atoms with van der Waals surface area (Å²) in [4.78, 5) is 14.3. The molecule has 6 heteroatoms. The van der Waals surface area contributed by atoms with Gasteiger partial charge < -0.3 is 15.2 Å². The van der Waals surface area contributed by atoms with Crippen molar-refractivity contribution < 1.29 is 14.3 Å². The van der Waals surface area contributed by atoms with Crippen LogP contribution in [0, 0.1) is 0 Å². The molecule has 0 radical (unpaired) electrons. The number of carbonyl (C=O) groups is 1. The zero-order valence-electron chi connectivity index (χ0n) is 12.3. The Balaban J connectivity index is 1.87. The molecule has 2 N–H and O–H groups in total. The summed E-state index contributed by atoms with van der Waals surface area (Å²) >= 11 is 5.90. The number of nitrogens with zero attached hydrogens (tertiary/aromatic N) is 1. The van der Waals surface area contributed by atoms with Gasteiger partial charge >= 0.3 is 5.97 Å².